The number of carboxylic acid groups (broad SMARTS) is 1. The largest absolute Gasteiger partial charge is 0.483 e. The summed E-state index contributed by atoms with van der Waals surface area (Å²) in [6.45, 7) is 16.2. The quantitative estimate of drug-likeness (QED) is 0.814. The SMILES string of the molecule is CC1CN(C(=O)C[C@@H](C)OC(C)(C)C)CC1(C)C.O=CO. The molecule has 1 amide bonds. The van der Waals surface area contributed by atoms with Gasteiger partial charge in [-0.15, -0.1) is 0 Å². The number of likely N-dealkylation sites (tertiary alicyclic amines) is 1. The van der Waals surface area contributed by atoms with Crippen LogP contribution in [0.1, 0.15) is 54.9 Å². The molecule has 0 bridgehead atoms. The molecule has 0 aromatic rings. The molecular weight excluding hydrogens is 270 g/mol. The Morgan fingerprint density at radius 2 is 1.95 bits per heavy atom. The molecular formula is C16H31NO4. The maximum atomic E-state index is 12.2. The molecule has 0 aromatic heterocycles. The van der Waals surface area contributed by atoms with Gasteiger partial charge in [-0.3, -0.25) is 9.59 Å². The highest BCUT2D eigenvalue weighted by atomic mass is 16.5. The van der Waals surface area contributed by atoms with Crippen molar-refractivity contribution in [3.63, 3.8) is 0 Å². The molecule has 0 aliphatic carbocycles. The molecule has 5 heteroatoms. The van der Waals surface area contributed by atoms with Crippen LogP contribution in [-0.4, -0.2) is 47.2 Å². The molecule has 21 heavy (non-hydrogen) atoms. The van der Waals surface area contributed by atoms with Gasteiger partial charge in [0.25, 0.3) is 6.47 Å². The summed E-state index contributed by atoms with van der Waals surface area (Å²) in [6.07, 6.45) is 0.469. The van der Waals surface area contributed by atoms with Gasteiger partial charge in [0.2, 0.25) is 5.91 Å². The number of ether oxygens (including phenoxy) is 1. The third kappa shape index (κ3) is 7.46. The van der Waals surface area contributed by atoms with Crippen molar-refractivity contribution in [2.75, 3.05) is 13.1 Å². The lowest BCUT2D eigenvalue weighted by Crippen LogP contribution is -2.35. The normalized spacial score (nSPS) is 22.2. The molecule has 5 nitrogen and oxygen atoms in total. The van der Waals surface area contributed by atoms with Crippen LogP contribution in [-0.2, 0) is 14.3 Å². The molecule has 0 aromatic carbocycles. The Kier molecular flexibility index (Phi) is 7.37. The predicted octanol–water partition coefficient (Wildman–Crippen LogP) is 2.79. The minimum atomic E-state index is -0.250. The molecule has 1 unspecified atom stereocenters. The highest BCUT2D eigenvalue weighted by molar-refractivity contribution is 5.77. The van der Waals surface area contributed by atoms with E-state index < -0.39 is 0 Å². The first-order chi connectivity index (χ1) is 9.42. The fourth-order valence-corrected chi connectivity index (χ4v) is 2.50. The van der Waals surface area contributed by atoms with E-state index in [0.29, 0.717) is 12.3 Å². The Balaban J connectivity index is 0.00000122. The second kappa shape index (κ2) is 7.78. The highest BCUT2D eigenvalue weighted by Gasteiger charge is 2.38. The number of hydrogen-bond donors (Lipinski definition) is 1. The van der Waals surface area contributed by atoms with E-state index in [1.54, 1.807) is 0 Å². The molecule has 124 valence electrons. The fourth-order valence-electron chi connectivity index (χ4n) is 2.50. The number of rotatable bonds is 3. The molecule has 1 saturated heterocycles. The van der Waals surface area contributed by atoms with Crippen LogP contribution in [0.2, 0.25) is 0 Å². The minimum Gasteiger partial charge on any atom is -0.483 e. The van der Waals surface area contributed by atoms with Crippen molar-refractivity contribution in [3.05, 3.63) is 0 Å². The van der Waals surface area contributed by atoms with Gasteiger partial charge in [-0.25, -0.2) is 0 Å². The van der Waals surface area contributed by atoms with E-state index in [1.807, 2.05) is 32.6 Å². The molecule has 1 aliphatic heterocycles. The van der Waals surface area contributed by atoms with Gasteiger partial charge in [0.05, 0.1) is 18.1 Å². The van der Waals surface area contributed by atoms with Crippen LogP contribution in [0.4, 0.5) is 0 Å². The summed E-state index contributed by atoms with van der Waals surface area (Å²) in [4.78, 5) is 22.6. The second-order valence-electron chi connectivity index (χ2n) is 7.51. The Morgan fingerprint density at radius 1 is 1.48 bits per heavy atom. The third-order valence-corrected chi connectivity index (χ3v) is 3.80. The van der Waals surface area contributed by atoms with Gasteiger partial charge in [-0.1, -0.05) is 20.8 Å². The summed E-state index contributed by atoms with van der Waals surface area (Å²) in [5.74, 6) is 0.796. The summed E-state index contributed by atoms with van der Waals surface area (Å²) in [6, 6.07) is 0. The highest BCUT2D eigenvalue weighted by Crippen LogP contribution is 2.35. The average molecular weight is 301 g/mol. The van der Waals surface area contributed by atoms with Crippen molar-refractivity contribution in [1.29, 1.82) is 0 Å². The van der Waals surface area contributed by atoms with E-state index in [4.69, 9.17) is 14.6 Å². The Bertz CT molecular complexity index is 347. The number of carbonyl (C=O) groups is 2. The van der Waals surface area contributed by atoms with Crippen LogP contribution < -0.4 is 0 Å². The van der Waals surface area contributed by atoms with Gasteiger partial charge in [0, 0.05) is 13.1 Å². The first-order valence-corrected chi connectivity index (χ1v) is 7.46. The Morgan fingerprint density at radius 3 is 2.29 bits per heavy atom. The maximum Gasteiger partial charge on any atom is 0.290 e. The van der Waals surface area contributed by atoms with Gasteiger partial charge < -0.3 is 14.7 Å². The van der Waals surface area contributed by atoms with Crippen molar-refractivity contribution >= 4 is 12.4 Å². The Labute approximate surface area is 128 Å². The molecule has 1 N–H and O–H groups in total. The summed E-state index contributed by atoms with van der Waals surface area (Å²) in [5.41, 5.74) is 0.0566. The van der Waals surface area contributed by atoms with Crippen LogP contribution >= 0.6 is 0 Å². The number of nitrogens with zero attached hydrogens (tertiary/aromatic N) is 1. The summed E-state index contributed by atoms with van der Waals surface area (Å²) in [5, 5.41) is 6.89. The van der Waals surface area contributed by atoms with Crippen LogP contribution in [0.5, 0.6) is 0 Å². The molecule has 0 radical (unpaired) electrons. The van der Waals surface area contributed by atoms with Crippen LogP contribution in [0.3, 0.4) is 0 Å². The van der Waals surface area contributed by atoms with E-state index in [0.717, 1.165) is 13.1 Å². The monoisotopic (exact) mass is 301 g/mol. The van der Waals surface area contributed by atoms with Crippen LogP contribution in [0.15, 0.2) is 0 Å². The maximum absolute atomic E-state index is 12.2. The van der Waals surface area contributed by atoms with Gasteiger partial charge in [-0.2, -0.15) is 0 Å². The Hall–Kier alpha value is -1.10. The number of carbonyl (C=O) groups excluding carboxylic acids is 1. The predicted molar refractivity (Wildman–Crippen MR) is 83.1 cm³/mol. The lowest BCUT2D eigenvalue weighted by Gasteiger charge is -2.26. The van der Waals surface area contributed by atoms with E-state index in [1.165, 1.54) is 0 Å². The molecule has 2 atom stereocenters. The zero-order valence-corrected chi connectivity index (χ0v) is 14.5. The van der Waals surface area contributed by atoms with Crippen molar-refractivity contribution < 1.29 is 19.4 Å². The third-order valence-electron chi connectivity index (χ3n) is 3.80. The number of hydrogen-bond acceptors (Lipinski definition) is 3. The smallest absolute Gasteiger partial charge is 0.290 e. The molecule has 0 spiro atoms. The van der Waals surface area contributed by atoms with E-state index >= 15 is 0 Å². The van der Waals surface area contributed by atoms with Crippen molar-refractivity contribution in [2.45, 2.75) is 66.6 Å². The molecule has 1 heterocycles. The first kappa shape index (κ1) is 19.9. The van der Waals surface area contributed by atoms with Gasteiger partial charge in [0.1, 0.15) is 0 Å². The first-order valence-electron chi connectivity index (χ1n) is 7.46. The van der Waals surface area contributed by atoms with Crippen LogP contribution in [0.25, 0.3) is 0 Å². The van der Waals surface area contributed by atoms with Gasteiger partial charge in [-0.05, 0) is 39.0 Å². The van der Waals surface area contributed by atoms with Crippen molar-refractivity contribution in [3.8, 4) is 0 Å². The van der Waals surface area contributed by atoms with Gasteiger partial charge >= 0.3 is 0 Å². The number of amides is 1. The molecule has 1 rings (SSSR count). The average Bonchev–Trinajstić information content (AvgIpc) is 2.51. The molecule has 1 aliphatic rings. The molecule has 0 saturated carbocycles. The van der Waals surface area contributed by atoms with Crippen LogP contribution in [0, 0.1) is 11.3 Å². The van der Waals surface area contributed by atoms with Gasteiger partial charge in [0.15, 0.2) is 0 Å². The standard InChI is InChI=1S/C15H29NO2.CH2O2/c1-11-9-16(10-15(11,6)7)13(17)8-12(2)18-14(3,4)5;2-1-3/h11-12H,8-10H2,1-7H3;1H,(H,2,3)/t11?,12-;/m1./s1. The van der Waals surface area contributed by atoms with E-state index in [9.17, 15) is 4.79 Å². The molecule has 1 fully saturated rings. The fraction of sp³-hybridized carbons (Fsp3) is 0.875. The zero-order valence-electron chi connectivity index (χ0n) is 14.5. The topological polar surface area (TPSA) is 66.8 Å². The summed E-state index contributed by atoms with van der Waals surface area (Å²) in [7, 11) is 0. The summed E-state index contributed by atoms with van der Waals surface area (Å²) < 4.78 is 5.80. The minimum absolute atomic E-state index is 0.0171. The lowest BCUT2D eigenvalue weighted by molar-refractivity contribution is -0.136. The zero-order chi connectivity index (χ0) is 16.8. The van der Waals surface area contributed by atoms with E-state index in [2.05, 4.69) is 20.8 Å². The van der Waals surface area contributed by atoms with E-state index in [-0.39, 0.29) is 29.5 Å². The van der Waals surface area contributed by atoms with Crippen molar-refractivity contribution in [1.82, 2.24) is 4.90 Å². The summed E-state index contributed by atoms with van der Waals surface area (Å²) >= 11 is 0. The van der Waals surface area contributed by atoms with Crippen molar-refractivity contribution in [2.24, 2.45) is 11.3 Å². The lowest BCUT2D eigenvalue weighted by atomic mass is 9.84. The second-order valence-corrected chi connectivity index (χ2v) is 7.51.